The third-order valence-corrected chi connectivity index (χ3v) is 5.67. The number of hydrogen-bond donors (Lipinski definition) is 4. The Hall–Kier alpha value is -4.60. The normalized spacial score (nSPS) is 25.6. The largest absolute Gasteiger partial charge is 0.510 e. The quantitative estimate of drug-likeness (QED) is 0.183. The molecule has 3 atom stereocenters. The summed E-state index contributed by atoms with van der Waals surface area (Å²) in [7, 11) is 0. The molecule has 0 aromatic carbocycles. The van der Waals surface area contributed by atoms with Crippen molar-refractivity contribution < 1.29 is 34.1 Å². The van der Waals surface area contributed by atoms with E-state index in [9.17, 15) is 29.4 Å². The topological polar surface area (TPSA) is 145 Å². The van der Waals surface area contributed by atoms with Gasteiger partial charge in [0, 0.05) is 25.0 Å². The smallest absolute Gasteiger partial charge is 0.248 e. The van der Waals surface area contributed by atoms with Crippen molar-refractivity contribution in [3.05, 3.63) is 120 Å². The van der Waals surface area contributed by atoms with Gasteiger partial charge in [-0.25, -0.2) is 0 Å². The number of epoxide rings is 1. The minimum Gasteiger partial charge on any atom is -0.510 e. The molecular formula is C30H30N2O7. The number of fused-ring (bicyclic) bond motifs is 1. The summed E-state index contributed by atoms with van der Waals surface area (Å²) in [5.74, 6) is -1.87. The highest BCUT2D eigenvalue weighted by atomic mass is 16.6. The molecule has 0 bridgehead atoms. The minimum absolute atomic E-state index is 0.0387. The van der Waals surface area contributed by atoms with E-state index in [1.54, 1.807) is 48.6 Å². The number of aliphatic hydroxyl groups excluding tert-OH is 1. The average Bonchev–Trinajstić information content (AvgIpc) is 3.67. The van der Waals surface area contributed by atoms with Crippen LogP contribution in [-0.2, 0) is 23.9 Å². The van der Waals surface area contributed by atoms with Gasteiger partial charge in [-0.3, -0.25) is 19.2 Å². The molecular weight excluding hydrogens is 500 g/mol. The fourth-order valence-electron chi connectivity index (χ4n) is 3.69. The number of Topliss-reactive ketones (excluding diaryl/α,β-unsaturated/α-hetero) is 2. The highest BCUT2D eigenvalue weighted by Gasteiger charge is 2.59. The van der Waals surface area contributed by atoms with Gasteiger partial charge < -0.3 is 25.6 Å². The Morgan fingerprint density at radius 2 is 1.44 bits per heavy atom. The van der Waals surface area contributed by atoms with Crippen LogP contribution in [0, 0.1) is 0 Å². The Morgan fingerprint density at radius 1 is 0.872 bits per heavy atom. The van der Waals surface area contributed by atoms with E-state index in [2.05, 4.69) is 10.6 Å². The highest BCUT2D eigenvalue weighted by Crippen LogP contribution is 2.40. The molecule has 202 valence electrons. The number of carbonyl (C=O) groups excluding carboxylic acids is 4. The molecule has 3 rings (SSSR count). The summed E-state index contributed by atoms with van der Waals surface area (Å²) in [6, 6.07) is 0. The molecule has 1 saturated heterocycles. The summed E-state index contributed by atoms with van der Waals surface area (Å²) >= 11 is 0. The van der Waals surface area contributed by atoms with E-state index >= 15 is 0 Å². The van der Waals surface area contributed by atoms with Gasteiger partial charge in [-0.2, -0.15) is 0 Å². The molecule has 1 aliphatic heterocycles. The molecule has 9 nitrogen and oxygen atoms in total. The standard InChI is InChI=1S/C30H30N2O7/c1-2-3-4-5-6-9-12-15-24(35)31-21-20-30(38,29-28(39-29)27(21)37)19-14-11-8-7-10-13-16-25(36)32-26-22(33)17-18-23(26)34/h2-16,19-20,28-29,33,38H,17-18H2,1H3,(H,31,35)(H,32,36)/b3-2+,5-4-,9-6+,10-7+,11-8+,15-12+,16-13+,19-14+/t28-,29?,30-/m1/s1. The fourth-order valence-corrected chi connectivity index (χ4v) is 3.69. The molecule has 2 aliphatic carbocycles. The van der Waals surface area contributed by atoms with Crippen LogP contribution in [0.25, 0.3) is 0 Å². The zero-order chi connectivity index (χ0) is 28.3. The molecule has 0 aromatic rings. The molecule has 3 aliphatic rings. The third-order valence-electron chi connectivity index (χ3n) is 5.67. The third kappa shape index (κ3) is 8.46. The van der Waals surface area contributed by atoms with E-state index in [1.807, 2.05) is 25.2 Å². The van der Waals surface area contributed by atoms with Crippen LogP contribution in [0.2, 0.25) is 0 Å². The SMILES string of the molecule is C/C=C/C=C\C=C\C=C\C(=O)NC1=C[C@](O)(/C=C/C=C/C=C/C=C/C(=O)NC2=C(O)CCC2=O)C2O[C@@H]2C1=O. The zero-order valence-corrected chi connectivity index (χ0v) is 21.3. The predicted octanol–water partition coefficient (Wildman–Crippen LogP) is 2.79. The summed E-state index contributed by atoms with van der Waals surface area (Å²) in [6.07, 6.45) is 26.0. The van der Waals surface area contributed by atoms with Gasteiger partial charge >= 0.3 is 0 Å². The van der Waals surface area contributed by atoms with Crippen molar-refractivity contribution in [1.82, 2.24) is 10.6 Å². The van der Waals surface area contributed by atoms with Crippen LogP contribution in [0.5, 0.6) is 0 Å². The van der Waals surface area contributed by atoms with E-state index in [1.165, 1.54) is 36.5 Å². The summed E-state index contributed by atoms with van der Waals surface area (Å²) in [5, 5.41) is 25.4. The van der Waals surface area contributed by atoms with Crippen LogP contribution in [0.1, 0.15) is 19.8 Å². The first-order valence-corrected chi connectivity index (χ1v) is 12.3. The molecule has 4 N–H and O–H groups in total. The maximum Gasteiger partial charge on any atom is 0.248 e. The molecule has 1 heterocycles. The molecule has 2 amide bonds. The van der Waals surface area contributed by atoms with E-state index in [0.29, 0.717) is 0 Å². The van der Waals surface area contributed by atoms with Gasteiger partial charge in [0.15, 0.2) is 11.9 Å². The number of allylic oxidation sites excluding steroid dienone is 15. The second kappa shape index (κ2) is 13.8. The van der Waals surface area contributed by atoms with Gasteiger partial charge in [-0.15, -0.1) is 0 Å². The first-order chi connectivity index (χ1) is 18.7. The second-order valence-corrected chi connectivity index (χ2v) is 8.65. The summed E-state index contributed by atoms with van der Waals surface area (Å²) in [5.41, 5.74) is -1.67. The lowest BCUT2D eigenvalue weighted by atomic mass is 9.88. The lowest BCUT2D eigenvalue weighted by Gasteiger charge is -2.23. The van der Waals surface area contributed by atoms with Crippen LogP contribution >= 0.6 is 0 Å². The van der Waals surface area contributed by atoms with Gasteiger partial charge in [0.05, 0.1) is 5.70 Å². The first-order valence-electron chi connectivity index (χ1n) is 12.3. The number of nitrogens with one attached hydrogen (secondary N) is 2. The molecule has 1 fully saturated rings. The van der Waals surface area contributed by atoms with Gasteiger partial charge in [-0.05, 0) is 19.1 Å². The minimum atomic E-state index is -1.58. The molecule has 0 saturated carbocycles. The predicted molar refractivity (Wildman–Crippen MR) is 146 cm³/mol. The van der Waals surface area contributed by atoms with Crippen molar-refractivity contribution >= 4 is 23.4 Å². The molecule has 0 spiro atoms. The number of rotatable bonds is 11. The van der Waals surface area contributed by atoms with Gasteiger partial charge in [0.25, 0.3) is 0 Å². The maximum atomic E-state index is 12.4. The van der Waals surface area contributed by atoms with Crippen LogP contribution in [-0.4, -0.2) is 51.4 Å². The van der Waals surface area contributed by atoms with Crippen molar-refractivity contribution in [2.45, 2.75) is 37.6 Å². The van der Waals surface area contributed by atoms with Crippen molar-refractivity contribution in [1.29, 1.82) is 0 Å². The Morgan fingerprint density at radius 3 is 2.03 bits per heavy atom. The maximum absolute atomic E-state index is 12.4. The number of amides is 2. The van der Waals surface area contributed by atoms with E-state index in [4.69, 9.17) is 4.74 Å². The molecule has 39 heavy (non-hydrogen) atoms. The van der Waals surface area contributed by atoms with Crippen LogP contribution in [0.3, 0.4) is 0 Å². The monoisotopic (exact) mass is 530 g/mol. The molecule has 1 unspecified atom stereocenters. The van der Waals surface area contributed by atoms with Crippen molar-refractivity contribution in [3.8, 4) is 0 Å². The van der Waals surface area contributed by atoms with Gasteiger partial charge in [-0.1, -0.05) is 79.0 Å². The Bertz CT molecular complexity index is 1300. The second-order valence-electron chi connectivity index (χ2n) is 8.65. The Kier molecular flexibility index (Phi) is 10.3. The van der Waals surface area contributed by atoms with Crippen LogP contribution < -0.4 is 10.6 Å². The van der Waals surface area contributed by atoms with Crippen molar-refractivity contribution in [2.75, 3.05) is 0 Å². The zero-order valence-electron chi connectivity index (χ0n) is 21.3. The van der Waals surface area contributed by atoms with E-state index in [-0.39, 0.29) is 35.8 Å². The molecule has 0 aromatic heterocycles. The summed E-state index contributed by atoms with van der Waals surface area (Å²) < 4.78 is 5.33. The number of hydrogen-bond acceptors (Lipinski definition) is 7. The Balaban J connectivity index is 1.51. The number of aliphatic hydroxyl groups is 2. The fraction of sp³-hybridized carbons (Fsp3) is 0.200. The van der Waals surface area contributed by atoms with E-state index in [0.717, 1.165) is 0 Å². The molecule has 9 heteroatoms. The van der Waals surface area contributed by atoms with Gasteiger partial charge in [0.2, 0.25) is 17.6 Å². The van der Waals surface area contributed by atoms with Crippen molar-refractivity contribution in [3.63, 3.8) is 0 Å². The van der Waals surface area contributed by atoms with E-state index < -0.39 is 35.4 Å². The number of ether oxygens (including phenoxy) is 1. The van der Waals surface area contributed by atoms with Crippen molar-refractivity contribution in [2.24, 2.45) is 0 Å². The number of ketones is 2. The summed E-state index contributed by atoms with van der Waals surface area (Å²) in [6.45, 7) is 1.90. The van der Waals surface area contributed by atoms with Crippen LogP contribution in [0.4, 0.5) is 0 Å². The first kappa shape index (κ1) is 29.0. The van der Waals surface area contributed by atoms with Gasteiger partial charge in [0.1, 0.15) is 23.2 Å². The lowest BCUT2D eigenvalue weighted by molar-refractivity contribution is -0.121. The number of carbonyl (C=O) groups is 4. The summed E-state index contributed by atoms with van der Waals surface area (Å²) in [4.78, 5) is 48.0. The highest BCUT2D eigenvalue weighted by molar-refractivity contribution is 6.06. The Labute approximate surface area is 226 Å². The van der Waals surface area contributed by atoms with Crippen LogP contribution in [0.15, 0.2) is 120 Å². The lowest BCUT2D eigenvalue weighted by Crippen LogP contribution is -2.42. The molecule has 0 radical (unpaired) electrons. The average molecular weight is 531 g/mol.